The van der Waals surface area contributed by atoms with Crippen molar-refractivity contribution in [2.45, 2.75) is 33.2 Å². The number of hydrogen-bond acceptors (Lipinski definition) is 3. The predicted molar refractivity (Wildman–Crippen MR) is 85.2 cm³/mol. The van der Waals surface area contributed by atoms with E-state index in [9.17, 15) is 4.79 Å². The van der Waals surface area contributed by atoms with E-state index in [1.54, 1.807) is 7.11 Å². The Morgan fingerprint density at radius 2 is 2.18 bits per heavy atom. The molecule has 0 unspecified atom stereocenters. The molecular formula is C18H21NO3. The van der Waals surface area contributed by atoms with E-state index < -0.39 is 0 Å². The number of benzene rings is 1. The maximum Gasteiger partial charge on any atom is 0.310 e. The van der Waals surface area contributed by atoms with Crippen LogP contribution in [0.3, 0.4) is 0 Å². The number of aromatic nitrogens is 1. The van der Waals surface area contributed by atoms with Gasteiger partial charge in [0, 0.05) is 18.3 Å². The van der Waals surface area contributed by atoms with Crippen LogP contribution in [0.25, 0.3) is 11.3 Å². The van der Waals surface area contributed by atoms with Crippen LogP contribution in [0.1, 0.15) is 23.6 Å². The second kappa shape index (κ2) is 5.87. The molecule has 0 radical (unpaired) electrons. The van der Waals surface area contributed by atoms with E-state index in [-0.39, 0.29) is 5.97 Å². The van der Waals surface area contributed by atoms with Crippen molar-refractivity contribution in [2.75, 3.05) is 13.7 Å². The van der Waals surface area contributed by atoms with E-state index in [4.69, 9.17) is 9.47 Å². The van der Waals surface area contributed by atoms with Crippen LogP contribution in [0, 0.1) is 6.92 Å². The Bertz CT molecular complexity index is 715. The molecule has 2 heterocycles. The first kappa shape index (κ1) is 14.7. The van der Waals surface area contributed by atoms with Gasteiger partial charge in [0.15, 0.2) is 0 Å². The highest BCUT2D eigenvalue weighted by Gasteiger charge is 2.22. The highest BCUT2D eigenvalue weighted by Crippen LogP contribution is 2.36. The third-order valence-electron chi connectivity index (χ3n) is 4.27. The molecule has 116 valence electrons. The van der Waals surface area contributed by atoms with Gasteiger partial charge in [-0.05, 0) is 55.2 Å². The van der Waals surface area contributed by atoms with Crippen molar-refractivity contribution in [2.24, 2.45) is 0 Å². The van der Waals surface area contributed by atoms with Crippen molar-refractivity contribution >= 4 is 5.97 Å². The van der Waals surface area contributed by atoms with E-state index in [1.165, 1.54) is 22.4 Å². The Kier molecular flexibility index (Phi) is 3.92. The molecule has 22 heavy (non-hydrogen) atoms. The molecule has 1 aliphatic heterocycles. The second-order valence-corrected chi connectivity index (χ2v) is 5.58. The Hall–Kier alpha value is -2.23. The van der Waals surface area contributed by atoms with Gasteiger partial charge in [-0.15, -0.1) is 0 Å². The van der Waals surface area contributed by atoms with Gasteiger partial charge in [0.1, 0.15) is 5.75 Å². The van der Waals surface area contributed by atoms with Gasteiger partial charge in [-0.2, -0.15) is 0 Å². The quantitative estimate of drug-likeness (QED) is 0.814. The molecule has 0 spiro atoms. The summed E-state index contributed by atoms with van der Waals surface area (Å²) in [6, 6.07) is 6.21. The van der Waals surface area contributed by atoms with E-state index in [1.807, 2.05) is 13.0 Å². The summed E-state index contributed by atoms with van der Waals surface area (Å²) in [5, 5.41) is 0. The van der Waals surface area contributed by atoms with E-state index in [0.29, 0.717) is 13.0 Å². The summed E-state index contributed by atoms with van der Waals surface area (Å²) in [4.78, 5) is 11.8. The van der Waals surface area contributed by atoms with Crippen LogP contribution < -0.4 is 4.74 Å². The average molecular weight is 299 g/mol. The molecule has 0 aliphatic carbocycles. The summed E-state index contributed by atoms with van der Waals surface area (Å²) in [6.07, 6.45) is 3.41. The molecule has 3 rings (SSSR count). The monoisotopic (exact) mass is 299 g/mol. The second-order valence-electron chi connectivity index (χ2n) is 5.58. The largest absolute Gasteiger partial charge is 0.497 e. The van der Waals surface area contributed by atoms with Gasteiger partial charge in [0.2, 0.25) is 0 Å². The minimum atomic E-state index is -0.163. The van der Waals surface area contributed by atoms with Crippen LogP contribution in [0.5, 0.6) is 5.75 Å². The first-order valence-electron chi connectivity index (χ1n) is 7.65. The van der Waals surface area contributed by atoms with Crippen molar-refractivity contribution < 1.29 is 14.3 Å². The minimum Gasteiger partial charge on any atom is -0.497 e. The molecule has 4 heteroatoms. The third-order valence-corrected chi connectivity index (χ3v) is 4.27. The number of esters is 1. The summed E-state index contributed by atoms with van der Waals surface area (Å²) in [5.74, 6) is 0.728. The van der Waals surface area contributed by atoms with E-state index in [2.05, 4.69) is 29.8 Å². The minimum absolute atomic E-state index is 0.163. The van der Waals surface area contributed by atoms with Crippen molar-refractivity contribution in [1.82, 2.24) is 4.57 Å². The SMILES string of the molecule is CCOC(=O)Cc1cn2c(c1C)-c1ccc(OC)cc1CC2. The number of aryl methyl sites for hydroxylation is 2. The molecule has 0 atom stereocenters. The Labute approximate surface area is 130 Å². The van der Waals surface area contributed by atoms with Crippen LogP contribution in [-0.4, -0.2) is 24.3 Å². The van der Waals surface area contributed by atoms with Gasteiger partial charge >= 0.3 is 5.97 Å². The van der Waals surface area contributed by atoms with E-state index in [0.717, 1.165) is 24.3 Å². The lowest BCUT2D eigenvalue weighted by Crippen LogP contribution is -2.10. The molecule has 4 nitrogen and oxygen atoms in total. The summed E-state index contributed by atoms with van der Waals surface area (Å²) in [5.41, 5.74) is 5.97. The highest BCUT2D eigenvalue weighted by atomic mass is 16.5. The fourth-order valence-corrected chi connectivity index (χ4v) is 3.17. The average Bonchev–Trinajstić information content (AvgIpc) is 2.83. The van der Waals surface area contributed by atoms with Crippen molar-refractivity contribution in [3.05, 3.63) is 41.1 Å². The van der Waals surface area contributed by atoms with Gasteiger partial charge < -0.3 is 14.0 Å². The molecule has 2 aromatic rings. The number of hydrogen-bond donors (Lipinski definition) is 0. The van der Waals surface area contributed by atoms with Crippen molar-refractivity contribution in [1.29, 1.82) is 0 Å². The van der Waals surface area contributed by atoms with Crippen molar-refractivity contribution in [3.8, 4) is 17.0 Å². The van der Waals surface area contributed by atoms with Crippen molar-refractivity contribution in [3.63, 3.8) is 0 Å². The summed E-state index contributed by atoms with van der Waals surface area (Å²) in [7, 11) is 1.69. The highest BCUT2D eigenvalue weighted by molar-refractivity contribution is 5.77. The van der Waals surface area contributed by atoms with Crippen LogP contribution in [-0.2, 0) is 28.9 Å². The topological polar surface area (TPSA) is 40.5 Å². The molecule has 1 aromatic carbocycles. The normalized spacial score (nSPS) is 12.5. The van der Waals surface area contributed by atoms with E-state index >= 15 is 0 Å². The lowest BCUT2D eigenvalue weighted by atomic mass is 9.95. The molecule has 0 fully saturated rings. The molecular weight excluding hydrogens is 278 g/mol. The summed E-state index contributed by atoms with van der Waals surface area (Å²) < 4.78 is 12.6. The maximum absolute atomic E-state index is 11.8. The van der Waals surface area contributed by atoms with Gasteiger partial charge in [-0.25, -0.2) is 0 Å². The Morgan fingerprint density at radius 3 is 2.91 bits per heavy atom. The first-order valence-corrected chi connectivity index (χ1v) is 7.65. The molecule has 0 saturated carbocycles. The number of fused-ring (bicyclic) bond motifs is 3. The number of carbonyl (C=O) groups is 1. The standard InChI is InChI=1S/C18H21NO3/c1-4-22-17(20)10-14-11-19-8-7-13-9-15(21-3)5-6-16(13)18(19)12(14)2/h5-6,9,11H,4,7-8,10H2,1-3H3. The van der Waals surface area contributed by atoms with Gasteiger partial charge in [-0.3, -0.25) is 4.79 Å². The number of ether oxygens (including phenoxy) is 2. The molecule has 1 aromatic heterocycles. The lowest BCUT2D eigenvalue weighted by Gasteiger charge is -2.20. The maximum atomic E-state index is 11.8. The van der Waals surface area contributed by atoms with Crippen LogP contribution in [0.2, 0.25) is 0 Å². The van der Waals surface area contributed by atoms with Crippen LogP contribution >= 0.6 is 0 Å². The fourth-order valence-electron chi connectivity index (χ4n) is 3.17. The third kappa shape index (κ3) is 2.49. The fraction of sp³-hybridized carbons (Fsp3) is 0.389. The zero-order valence-electron chi connectivity index (χ0n) is 13.3. The van der Waals surface area contributed by atoms with Gasteiger partial charge in [0.05, 0.1) is 25.8 Å². The lowest BCUT2D eigenvalue weighted by molar-refractivity contribution is -0.142. The zero-order valence-corrected chi connectivity index (χ0v) is 13.3. The molecule has 0 saturated heterocycles. The van der Waals surface area contributed by atoms with Gasteiger partial charge in [0.25, 0.3) is 0 Å². The number of rotatable bonds is 4. The molecule has 1 aliphatic rings. The number of methoxy groups -OCH3 is 1. The Balaban J connectivity index is 1.99. The Morgan fingerprint density at radius 1 is 1.36 bits per heavy atom. The summed E-state index contributed by atoms with van der Waals surface area (Å²) in [6.45, 7) is 5.27. The number of carbonyl (C=O) groups excluding carboxylic acids is 1. The molecule has 0 bridgehead atoms. The molecule has 0 amide bonds. The predicted octanol–water partition coefficient (Wildman–Crippen LogP) is 3.13. The first-order chi connectivity index (χ1) is 10.6. The summed E-state index contributed by atoms with van der Waals surface area (Å²) >= 11 is 0. The zero-order chi connectivity index (χ0) is 15.7. The number of nitrogens with zero attached hydrogens (tertiary/aromatic N) is 1. The van der Waals surface area contributed by atoms with Gasteiger partial charge in [-0.1, -0.05) is 0 Å². The smallest absolute Gasteiger partial charge is 0.310 e. The van der Waals surface area contributed by atoms with Crippen LogP contribution in [0.15, 0.2) is 24.4 Å². The van der Waals surface area contributed by atoms with Crippen LogP contribution in [0.4, 0.5) is 0 Å². The molecule has 0 N–H and O–H groups in total.